The van der Waals surface area contributed by atoms with Crippen molar-refractivity contribution in [2.75, 3.05) is 0 Å². The topological polar surface area (TPSA) is 78.0 Å². The average Bonchev–Trinajstić information content (AvgIpc) is 2.90. The molecular formula is C12H13N3O2. The summed E-state index contributed by atoms with van der Waals surface area (Å²) in [4.78, 5) is 11.6. The summed E-state index contributed by atoms with van der Waals surface area (Å²) in [6.07, 6.45) is 3.02. The SMILES string of the molecule is O=C(NCc1ccc(CO)cc1)c1cn[nH]c1. The van der Waals surface area contributed by atoms with Crippen LogP contribution in [0.4, 0.5) is 0 Å². The van der Waals surface area contributed by atoms with Crippen molar-refractivity contribution in [1.29, 1.82) is 0 Å². The van der Waals surface area contributed by atoms with Crippen LogP contribution in [0.15, 0.2) is 36.7 Å². The van der Waals surface area contributed by atoms with E-state index in [1.165, 1.54) is 6.20 Å². The van der Waals surface area contributed by atoms with Crippen molar-refractivity contribution in [1.82, 2.24) is 15.5 Å². The largest absolute Gasteiger partial charge is 0.392 e. The third kappa shape index (κ3) is 2.92. The first-order valence-electron chi connectivity index (χ1n) is 5.25. The van der Waals surface area contributed by atoms with E-state index < -0.39 is 0 Å². The standard InChI is InChI=1S/C12H13N3O2/c16-8-10-3-1-9(2-4-10)5-13-12(17)11-6-14-15-7-11/h1-4,6-7,16H,5,8H2,(H,13,17)(H,14,15). The zero-order valence-corrected chi connectivity index (χ0v) is 9.18. The van der Waals surface area contributed by atoms with Crippen LogP contribution in [0.2, 0.25) is 0 Å². The number of aromatic amines is 1. The van der Waals surface area contributed by atoms with Crippen molar-refractivity contribution in [3.8, 4) is 0 Å². The summed E-state index contributed by atoms with van der Waals surface area (Å²) in [5.74, 6) is -0.162. The van der Waals surface area contributed by atoms with Crippen molar-refractivity contribution in [3.05, 3.63) is 53.3 Å². The minimum Gasteiger partial charge on any atom is -0.392 e. The van der Waals surface area contributed by atoms with Gasteiger partial charge >= 0.3 is 0 Å². The fourth-order valence-electron chi connectivity index (χ4n) is 1.42. The highest BCUT2D eigenvalue weighted by Crippen LogP contribution is 2.04. The van der Waals surface area contributed by atoms with E-state index in [0.29, 0.717) is 12.1 Å². The molecule has 1 amide bonds. The van der Waals surface area contributed by atoms with Gasteiger partial charge in [-0.25, -0.2) is 0 Å². The molecular weight excluding hydrogens is 218 g/mol. The number of hydrogen-bond acceptors (Lipinski definition) is 3. The van der Waals surface area contributed by atoms with Crippen LogP contribution in [0.1, 0.15) is 21.5 Å². The number of aliphatic hydroxyl groups excluding tert-OH is 1. The number of hydrogen-bond donors (Lipinski definition) is 3. The molecule has 0 aliphatic heterocycles. The van der Waals surface area contributed by atoms with Crippen LogP contribution in [-0.4, -0.2) is 21.2 Å². The summed E-state index contributed by atoms with van der Waals surface area (Å²) in [6.45, 7) is 0.484. The Morgan fingerprint density at radius 1 is 1.29 bits per heavy atom. The van der Waals surface area contributed by atoms with E-state index in [2.05, 4.69) is 15.5 Å². The molecule has 0 radical (unpaired) electrons. The number of nitrogens with zero attached hydrogens (tertiary/aromatic N) is 1. The minimum atomic E-state index is -0.162. The Morgan fingerprint density at radius 3 is 2.59 bits per heavy atom. The highest BCUT2D eigenvalue weighted by molar-refractivity contribution is 5.93. The molecule has 1 aromatic heterocycles. The Kier molecular flexibility index (Phi) is 3.52. The molecule has 0 aliphatic carbocycles. The second-order valence-electron chi connectivity index (χ2n) is 3.64. The molecule has 0 saturated heterocycles. The first kappa shape index (κ1) is 11.3. The lowest BCUT2D eigenvalue weighted by Gasteiger charge is -2.04. The number of rotatable bonds is 4. The molecule has 5 nitrogen and oxygen atoms in total. The maximum atomic E-state index is 11.6. The van der Waals surface area contributed by atoms with Crippen LogP contribution in [0, 0.1) is 0 Å². The number of benzene rings is 1. The van der Waals surface area contributed by atoms with Crippen LogP contribution in [0.5, 0.6) is 0 Å². The lowest BCUT2D eigenvalue weighted by Crippen LogP contribution is -2.22. The summed E-state index contributed by atoms with van der Waals surface area (Å²) in [5.41, 5.74) is 2.35. The highest BCUT2D eigenvalue weighted by Gasteiger charge is 2.05. The lowest BCUT2D eigenvalue weighted by molar-refractivity contribution is 0.0951. The molecule has 2 aromatic rings. The van der Waals surface area contributed by atoms with Crippen LogP contribution >= 0.6 is 0 Å². The molecule has 0 aliphatic rings. The normalized spacial score (nSPS) is 10.2. The summed E-state index contributed by atoms with van der Waals surface area (Å²) >= 11 is 0. The molecule has 88 valence electrons. The van der Waals surface area contributed by atoms with Crippen LogP contribution in [0.3, 0.4) is 0 Å². The quantitative estimate of drug-likeness (QED) is 0.729. The summed E-state index contributed by atoms with van der Waals surface area (Å²) in [7, 11) is 0. The van der Waals surface area contributed by atoms with Gasteiger partial charge in [0.1, 0.15) is 0 Å². The van der Waals surface area contributed by atoms with E-state index in [4.69, 9.17) is 5.11 Å². The maximum Gasteiger partial charge on any atom is 0.254 e. The van der Waals surface area contributed by atoms with E-state index in [1.54, 1.807) is 6.20 Å². The first-order chi connectivity index (χ1) is 8.29. The van der Waals surface area contributed by atoms with Gasteiger partial charge in [0.15, 0.2) is 0 Å². The predicted molar refractivity (Wildman–Crippen MR) is 62.1 cm³/mol. The van der Waals surface area contributed by atoms with Gasteiger partial charge < -0.3 is 10.4 Å². The van der Waals surface area contributed by atoms with Gasteiger partial charge in [-0.2, -0.15) is 5.10 Å². The van der Waals surface area contributed by atoms with Gasteiger partial charge in [-0.05, 0) is 11.1 Å². The smallest absolute Gasteiger partial charge is 0.254 e. The second-order valence-corrected chi connectivity index (χ2v) is 3.64. The fraction of sp³-hybridized carbons (Fsp3) is 0.167. The fourth-order valence-corrected chi connectivity index (χ4v) is 1.42. The molecule has 17 heavy (non-hydrogen) atoms. The summed E-state index contributed by atoms with van der Waals surface area (Å²) in [6, 6.07) is 7.42. The maximum absolute atomic E-state index is 11.6. The minimum absolute atomic E-state index is 0.0294. The van der Waals surface area contributed by atoms with Gasteiger partial charge in [0.25, 0.3) is 5.91 Å². The van der Waals surface area contributed by atoms with E-state index in [1.807, 2.05) is 24.3 Å². The number of carbonyl (C=O) groups is 1. The molecule has 5 heteroatoms. The molecule has 0 fully saturated rings. The van der Waals surface area contributed by atoms with E-state index >= 15 is 0 Å². The predicted octanol–water partition coefficient (Wildman–Crippen LogP) is 0.832. The Balaban J connectivity index is 1.91. The van der Waals surface area contributed by atoms with Gasteiger partial charge in [0.05, 0.1) is 18.4 Å². The van der Waals surface area contributed by atoms with Crippen molar-refractivity contribution in [2.24, 2.45) is 0 Å². The molecule has 1 aromatic carbocycles. The van der Waals surface area contributed by atoms with Crippen LogP contribution < -0.4 is 5.32 Å². The zero-order valence-electron chi connectivity index (χ0n) is 9.18. The molecule has 3 N–H and O–H groups in total. The number of aromatic nitrogens is 2. The number of H-pyrrole nitrogens is 1. The monoisotopic (exact) mass is 231 g/mol. The van der Waals surface area contributed by atoms with Gasteiger partial charge in [-0.3, -0.25) is 9.89 Å². The molecule has 2 rings (SSSR count). The second kappa shape index (κ2) is 5.27. The van der Waals surface area contributed by atoms with E-state index in [-0.39, 0.29) is 12.5 Å². The third-order valence-electron chi connectivity index (χ3n) is 2.42. The number of amides is 1. The number of carbonyl (C=O) groups excluding carboxylic acids is 1. The van der Waals surface area contributed by atoms with Gasteiger partial charge in [0, 0.05) is 12.7 Å². The lowest BCUT2D eigenvalue weighted by atomic mass is 10.1. The molecule has 0 atom stereocenters. The number of aliphatic hydroxyl groups is 1. The van der Waals surface area contributed by atoms with Crippen LogP contribution in [0.25, 0.3) is 0 Å². The van der Waals surface area contributed by atoms with Crippen molar-refractivity contribution < 1.29 is 9.90 Å². The van der Waals surface area contributed by atoms with E-state index in [0.717, 1.165) is 11.1 Å². The molecule has 0 unspecified atom stereocenters. The summed E-state index contributed by atoms with van der Waals surface area (Å²) in [5, 5.41) is 18.0. The average molecular weight is 231 g/mol. The highest BCUT2D eigenvalue weighted by atomic mass is 16.3. The van der Waals surface area contributed by atoms with Crippen molar-refractivity contribution in [3.63, 3.8) is 0 Å². The van der Waals surface area contributed by atoms with Gasteiger partial charge in [-0.1, -0.05) is 24.3 Å². The Hall–Kier alpha value is -2.14. The summed E-state index contributed by atoms with van der Waals surface area (Å²) < 4.78 is 0. The number of nitrogens with one attached hydrogen (secondary N) is 2. The Labute approximate surface area is 98.5 Å². The van der Waals surface area contributed by atoms with Gasteiger partial charge in [0.2, 0.25) is 0 Å². The third-order valence-corrected chi connectivity index (χ3v) is 2.42. The van der Waals surface area contributed by atoms with E-state index in [9.17, 15) is 4.79 Å². The zero-order chi connectivity index (χ0) is 12.1. The molecule has 0 saturated carbocycles. The first-order valence-corrected chi connectivity index (χ1v) is 5.25. The Morgan fingerprint density at radius 2 is 2.00 bits per heavy atom. The van der Waals surface area contributed by atoms with Crippen molar-refractivity contribution in [2.45, 2.75) is 13.2 Å². The van der Waals surface area contributed by atoms with Crippen LogP contribution in [-0.2, 0) is 13.2 Å². The van der Waals surface area contributed by atoms with Gasteiger partial charge in [-0.15, -0.1) is 0 Å². The van der Waals surface area contributed by atoms with Crippen molar-refractivity contribution >= 4 is 5.91 Å². The molecule has 0 spiro atoms. The molecule has 0 bridgehead atoms. The Bertz CT molecular complexity index is 477. The molecule has 1 heterocycles.